The first-order valence-corrected chi connectivity index (χ1v) is 18.1. The number of benzene rings is 1. The first-order chi connectivity index (χ1) is 22.5. The molecule has 1 aromatic heterocycles. The van der Waals surface area contributed by atoms with E-state index in [9.17, 15) is 9.59 Å². The van der Waals surface area contributed by atoms with Crippen LogP contribution in [0.25, 0.3) is 11.1 Å². The summed E-state index contributed by atoms with van der Waals surface area (Å²) in [5.74, 6) is -0.0907. The Morgan fingerprint density at radius 1 is 1.02 bits per heavy atom. The zero-order valence-corrected chi connectivity index (χ0v) is 30.0. The van der Waals surface area contributed by atoms with E-state index in [-0.39, 0.29) is 29.7 Å². The number of pyridine rings is 1. The van der Waals surface area contributed by atoms with Crippen molar-refractivity contribution < 1.29 is 9.59 Å². The molecule has 47 heavy (non-hydrogen) atoms. The molecule has 9 heteroatoms. The van der Waals surface area contributed by atoms with Gasteiger partial charge in [0.15, 0.2) is 0 Å². The maximum absolute atomic E-state index is 14.0. The normalized spacial score (nSPS) is 26.1. The Balaban J connectivity index is 1.41. The van der Waals surface area contributed by atoms with E-state index in [1.165, 1.54) is 19.3 Å². The molecule has 3 aliphatic rings. The number of hydrogen-bond donors (Lipinski definition) is 2. The van der Waals surface area contributed by atoms with Gasteiger partial charge in [-0.15, -0.1) is 0 Å². The lowest BCUT2D eigenvalue weighted by Gasteiger charge is -2.40. The molecule has 3 atom stereocenters. The molecule has 1 saturated carbocycles. The largest absolute Gasteiger partial charge is 0.369 e. The number of anilines is 1. The molecule has 2 aromatic rings. The molecule has 0 radical (unpaired) electrons. The molecule has 2 N–H and O–H groups in total. The van der Waals surface area contributed by atoms with Crippen molar-refractivity contribution in [3.05, 3.63) is 47.3 Å². The molecule has 2 aliphatic heterocycles. The van der Waals surface area contributed by atoms with Gasteiger partial charge in [0.05, 0.1) is 11.6 Å². The molecular formula is C38H59N7O2. The highest BCUT2D eigenvalue weighted by atomic mass is 16.2. The molecule has 258 valence electrons. The Kier molecular flexibility index (Phi) is 12.0. The molecule has 2 saturated heterocycles. The Morgan fingerprint density at radius 2 is 1.77 bits per heavy atom. The van der Waals surface area contributed by atoms with Crippen LogP contribution < -0.4 is 15.5 Å². The third kappa shape index (κ3) is 8.72. The third-order valence-electron chi connectivity index (χ3n) is 11.1. The fourth-order valence-electron chi connectivity index (χ4n) is 8.07. The second-order valence-electron chi connectivity index (χ2n) is 14.8. The Bertz CT molecular complexity index is 1350. The number of nitrogens with zero attached hydrogens (tertiary/aromatic N) is 5. The molecule has 3 heterocycles. The zero-order chi connectivity index (χ0) is 33.7. The maximum Gasteiger partial charge on any atom is 0.251 e. The quantitative estimate of drug-likeness (QED) is 0.385. The molecule has 3 fully saturated rings. The highest BCUT2D eigenvalue weighted by Crippen LogP contribution is 2.36. The van der Waals surface area contributed by atoms with Crippen LogP contribution in [0.1, 0.15) is 80.9 Å². The minimum absolute atomic E-state index is 0.0338. The van der Waals surface area contributed by atoms with Crippen LogP contribution in [-0.2, 0) is 11.3 Å². The van der Waals surface area contributed by atoms with E-state index in [1.807, 2.05) is 19.2 Å². The van der Waals surface area contributed by atoms with Gasteiger partial charge < -0.3 is 25.3 Å². The van der Waals surface area contributed by atoms with Crippen LogP contribution in [0.15, 0.2) is 30.5 Å². The van der Waals surface area contributed by atoms with Crippen molar-refractivity contribution in [3.8, 4) is 11.1 Å². The Labute approximate surface area is 283 Å². The molecule has 3 unspecified atom stereocenters. The standard InChI is InChI=1S/C38H59N7O2/c1-8-45(33-14-12-32(13-15-33)42(5)6)36-22-30(29-10-11-31(39-23-29)25-44-17-9-16-43(7)18-19-44)21-34(28(36)4)37(46)40-24-35-26(2)20-27(3)41-38(35)47/h10-11,21-23,26-27,32-33,35H,8-9,12-20,24-25H2,1-7H3,(H,40,46)(H,41,47). The van der Waals surface area contributed by atoms with Crippen molar-refractivity contribution in [1.29, 1.82) is 0 Å². The molecule has 0 bridgehead atoms. The van der Waals surface area contributed by atoms with E-state index in [0.29, 0.717) is 24.2 Å². The fraction of sp³-hybridized carbons (Fsp3) is 0.658. The van der Waals surface area contributed by atoms with Crippen molar-refractivity contribution >= 4 is 17.5 Å². The van der Waals surface area contributed by atoms with Gasteiger partial charge in [-0.05, 0) is 129 Å². The zero-order valence-electron chi connectivity index (χ0n) is 30.0. The second-order valence-corrected chi connectivity index (χ2v) is 14.8. The van der Waals surface area contributed by atoms with Crippen LogP contribution in [0.4, 0.5) is 5.69 Å². The van der Waals surface area contributed by atoms with E-state index in [1.54, 1.807) is 0 Å². The number of nitrogens with one attached hydrogen (secondary N) is 2. The van der Waals surface area contributed by atoms with Crippen LogP contribution in [-0.4, -0.2) is 110 Å². The summed E-state index contributed by atoms with van der Waals surface area (Å²) in [4.78, 5) is 41.4. The van der Waals surface area contributed by atoms with Gasteiger partial charge in [0.25, 0.3) is 5.91 Å². The number of aromatic nitrogens is 1. The number of hydrogen-bond acceptors (Lipinski definition) is 7. The van der Waals surface area contributed by atoms with Crippen LogP contribution in [0.2, 0.25) is 0 Å². The predicted molar refractivity (Wildman–Crippen MR) is 192 cm³/mol. The van der Waals surface area contributed by atoms with E-state index in [2.05, 4.69) is 90.3 Å². The highest BCUT2D eigenvalue weighted by Gasteiger charge is 2.33. The van der Waals surface area contributed by atoms with Gasteiger partial charge in [0, 0.05) is 73.9 Å². The lowest BCUT2D eigenvalue weighted by Crippen LogP contribution is -2.50. The van der Waals surface area contributed by atoms with Crippen LogP contribution in [0, 0.1) is 18.8 Å². The molecule has 5 rings (SSSR count). The van der Waals surface area contributed by atoms with Crippen molar-refractivity contribution in [1.82, 2.24) is 30.3 Å². The summed E-state index contributed by atoms with van der Waals surface area (Å²) < 4.78 is 0. The van der Waals surface area contributed by atoms with E-state index >= 15 is 0 Å². The molecule has 2 amide bonds. The number of piperidine rings is 1. The molecule has 0 spiro atoms. The van der Waals surface area contributed by atoms with Crippen molar-refractivity contribution in [2.75, 3.05) is 65.3 Å². The first-order valence-electron chi connectivity index (χ1n) is 18.1. The van der Waals surface area contributed by atoms with Gasteiger partial charge in [-0.25, -0.2) is 0 Å². The lowest BCUT2D eigenvalue weighted by molar-refractivity contribution is -0.129. The van der Waals surface area contributed by atoms with E-state index < -0.39 is 0 Å². The second kappa shape index (κ2) is 15.9. The summed E-state index contributed by atoms with van der Waals surface area (Å²) in [5, 5.41) is 6.23. The van der Waals surface area contributed by atoms with Gasteiger partial charge in [-0.2, -0.15) is 0 Å². The van der Waals surface area contributed by atoms with Crippen molar-refractivity contribution in [3.63, 3.8) is 0 Å². The van der Waals surface area contributed by atoms with Crippen LogP contribution >= 0.6 is 0 Å². The number of likely N-dealkylation sites (N-methyl/N-ethyl adjacent to an activating group) is 1. The van der Waals surface area contributed by atoms with Gasteiger partial charge in [-0.1, -0.05) is 13.0 Å². The summed E-state index contributed by atoms with van der Waals surface area (Å²) in [7, 11) is 6.57. The molecular weight excluding hydrogens is 586 g/mol. The van der Waals surface area contributed by atoms with E-state index in [4.69, 9.17) is 4.98 Å². The fourth-order valence-corrected chi connectivity index (χ4v) is 8.07. The SMILES string of the molecule is CCN(c1cc(-c2ccc(CN3CCCN(C)CC3)nc2)cc(C(=O)NCC2C(=O)NC(C)CC2C)c1C)C1CCC(N(C)C)CC1. The number of carbonyl (C=O) groups is 2. The number of rotatable bonds is 10. The van der Waals surface area contributed by atoms with Crippen molar-refractivity contribution in [2.24, 2.45) is 11.8 Å². The molecule has 9 nitrogen and oxygen atoms in total. The molecule has 1 aliphatic carbocycles. The average Bonchev–Trinajstić information content (AvgIpc) is 3.25. The number of amides is 2. The van der Waals surface area contributed by atoms with Crippen LogP contribution in [0.5, 0.6) is 0 Å². The number of carbonyl (C=O) groups excluding carboxylic acids is 2. The highest BCUT2D eigenvalue weighted by molar-refractivity contribution is 5.99. The van der Waals surface area contributed by atoms with Gasteiger partial charge in [0.1, 0.15) is 0 Å². The predicted octanol–water partition coefficient (Wildman–Crippen LogP) is 4.78. The summed E-state index contributed by atoms with van der Waals surface area (Å²) in [6.07, 6.45) is 8.71. The maximum atomic E-state index is 14.0. The van der Waals surface area contributed by atoms with E-state index in [0.717, 1.165) is 86.6 Å². The Morgan fingerprint density at radius 3 is 2.43 bits per heavy atom. The summed E-state index contributed by atoms with van der Waals surface area (Å²) in [6.45, 7) is 14.9. The van der Waals surface area contributed by atoms with Crippen LogP contribution in [0.3, 0.4) is 0 Å². The average molecular weight is 646 g/mol. The summed E-state index contributed by atoms with van der Waals surface area (Å²) in [5.41, 5.74) is 5.89. The monoisotopic (exact) mass is 645 g/mol. The molecule has 1 aromatic carbocycles. The summed E-state index contributed by atoms with van der Waals surface area (Å²) in [6, 6.07) is 9.84. The minimum Gasteiger partial charge on any atom is -0.369 e. The first kappa shape index (κ1) is 35.3. The topological polar surface area (TPSA) is 84.0 Å². The van der Waals surface area contributed by atoms with Gasteiger partial charge in [0.2, 0.25) is 5.91 Å². The van der Waals surface area contributed by atoms with Crippen molar-refractivity contribution in [2.45, 2.75) is 90.9 Å². The Hall–Kier alpha value is -3.01. The minimum atomic E-state index is -0.224. The third-order valence-corrected chi connectivity index (χ3v) is 11.1. The summed E-state index contributed by atoms with van der Waals surface area (Å²) >= 11 is 0. The smallest absolute Gasteiger partial charge is 0.251 e. The van der Waals surface area contributed by atoms with Gasteiger partial charge >= 0.3 is 0 Å². The van der Waals surface area contributed by atoms with Gasteiger partial charge in [-0.3, -0.25) is 19.5 Å². The lowest BCUT2D eigenvalue weighted by atomic mass is 9.84.